The molecule has 0 saturated heterocycles. The van der Waals surface area contributed by atoms with E-state index in [0.29, 0.717) is 6.42 Å². The normalized spacial score (nSPS) is 11.4. The van der Waals surface area contributed by atoms with Gasteiger partial charge in [0.1, 0.15) is 5.82 Å². The summed E-state index contributed by atoms with van der Waals surface area (Å²) in [6.07, 6.45) is 7.92. The maximum absolute atomic E-state index is 7.15. The molecule has 0 aliphatic heterocycles. The molecule has 2 N–H and O–H groups in total. The molecule has 0 spiro atoms. The Balaban J connectivity index is 2.93. The number of benzene rings is 1. The largest absolute Gasteiger partial charge is 0.340 e. The molecule has 1 aromatic carbocycles. The first-order chi connectivity index (χ1) is 9.15. The van der Waals surface area contributed by atoms with Crippen molar-refractivity contribution in [2.45, 2.75) is 27.2 Å². The molecule has 0 radical (unpaired) electrons. The van der Waals surface area contributed by atoms with Crippen LogP contribution in [0.15, 0.2) is 53.3 Å². The molecule has 0 unspecified atom stereocenters. The molecule has 0 aliphatic carbocycles. The Hall–Kier alpha value is -2.16. The van der Waals surface area contributed by atoms with E-state index >= 15 is 0 Å². The van der Waals surface area contributed by atoms with Crippen LogP contribution in [0.4, 0.5) is 5.69 Å². The molecule has 0 aliphatic rings. The van der Waals surface area contributed by atoms with Gasteiger partial charge >= 0.3 is 0 Å². The van der Waals surface area contributed by atoms with Crippen molar-refractivity contribution in [2.24, 2.45) is 4.99 Å². The number of rotatable bonds is 6. The molecule has 1 aromatic rings. The fourth-order valence-electron chi connectivity index (χ4n) is 1.58. The summed E-state index contributed by atoms with van der Waals surface area (Å²) in [7, 11) is 0. The Kier molecular flexibility index (Phi) is 6.30. The number of hydrogen-bond donors (Lipinski definition) is 2. The van der Waals surface area contributed by atoms with E-state index in [1.807, 2.05) is 63.3 Å². The van der Waals surface area contributed by atoms with E-state index in [2.05, 4.69) is 10.3 Å². The van der Waals surface area contributed by atoms with Crippen molar-refractivity contribution in [1.29, 1.82) is 5.41 Å². The highest BCUT2D eigenvalue weighted by molar-refractivity contribution is 5.80. The van der Waals surface area contributed by atoms with Crippen LogP contribution in [0.5, 0.6) is 0 Å². The van der Waals surface area contributed by atoms with E-state index in [-0.39, 0.29) is 0 Å². The zero-order chi connectivity index (χ0) is 14.1. The van der Waals surface area contributed by atoms with Crippen molar-refractivity contribution in [3.05, 3.63) is 53.9 Å². The number of nitrogens with one attached hydrogen (secondary N) is 2. The second kappa shape index (κ2) is 8.03. The quantitative estimate of drug-likeness (QED) is 0.581. The summed E-state index contributed by atoms with van der Waals surface area (Å²) in [6.45, 7) is 5.91. The summed E-state index contributed by atoms with van der Waals surface area (Å²) >= 11 is 0. The minimum absolute atomic E-state index is 0.652. The molecule has 19 heavy (non-hydrogen) atoms. The van der Waals surface area contributed by atoms with E-state index in [0.717, 1.165) is 22.8 Å². The van der Waals surface area contributed by atoms with Gasteiger partial charge in [-0.1, -0.05) is 24.3 Å². The van der Waals surface area contributed by atoms with Crippen molar-refractivity contribution < 1.29 is 0 Å². The van der Waals surface area contributed by atoms with Crippen LogP contribution in [0, 0.1) is 5.41 Å². The molecule has 0 heterocycles. The molecule has 0 atom stereocenters. The molecule has 0 saturated carbocycles. The first-order valence-corrected chi connectivity index (χ1v) is 6.35. The average Bonchev–Trinajstić information content (AvgIpc) is 2.36. The average molecular weight is 255 g/mol. The summed E-state index contributed by atoms with van der Waals surface area (Å²) in [5, 5.41) is 10.4. The topological polar surface area (TPSA) is 48.2 Å². The van der Waals surface area contributed by atoms with E-state index in [9.17, 15) is 0 Å². The van der Waals surface area contributed by atoms with Gasteiger partial charge in [-0.2, -0.15) is 0 Å². The van der Waals surface area contributed by atoms with Crippen LogP contribution in [0.2, 0.25) is 0 Å². The predicted molar refractivity (Wildman–Crippen MR) is 84.2 cm³/mol. The lowest BCUT2D eigenvalue weighted by atomic mass is 10.1. The summed E-state index contributed by atoms with van der Waals surface area (Å²) < 4.78 is 0. The molecule has 3 heteroatoms. The van der Waals surface area contributed by atoms with Crippen molar-refractivity contribution in [3.8, 4) is 0 Å². The zero-order valence-corrected chi connectivity index (χ0v) is 11.8. The Bertz CT molecular complexity index is 506. The van der Waals surface area contributed by atoms with Crippen molar-refractivity contribution in [2.75, 3.05) is 5.32 Å². The first kappa shape index (κ1) is 14.9. The highest BCUT2D eigenvalue weighted by Crippen LogP contribution is 2.14. The number of aliphatic imine (C=N–C) groups is 1. The third kappa shape index (κ3) is 5.82. The van der Waals surface area contributed by atoms with Crippen LogP contribution in [0.25, 0.3) is 0 Å². The lowest BCUT2D eigenvalue weighted by Gasteiger charge is -2.08. The fourth-order valence-corrected chi connectivity index (χ4v) is 1.58. The highest BCUT2D eigenvalue weighted by atomic mass is 15.0. The van der Waals surface area contributed by atoms with Crippen molar-refractivity contribution >= 4 is 17.6 Å². The highest BCUT2D eigenvalue weighted by Gasteiger charge is 1.97. The third-order valence-corrected chi connectivity index (χ3v) is 2.33. The lowest BCUT2D eigenvalue weighted by molar-refractivity contribution is 1.27. The van der Waals surface area contributed by atoms with E-state index in [4.69, 9.17) is 5.41 Å². The van der Waals surface area contributed by atoms with Gasteiger partial charge in [-0.25, -0.2) is 4.99 Å². The van der Waals surface area contributed by atoms with Crippen molar-refractivity contribution in [3.63, 3.8) is 0 Å². The third-order valence-electron chi connectivity index (χ3n) is 2.33. The van der Waals surface area contributed by atoms with Crippen LogP contribution in [0.1, 0.15) is 26.3 Å². The maximum Gasteiger partial charge on any atom is 0.130 e. The van der Waals surface area contributed by atoms with Gasteiger partial charge in [-0.15, -0.1) is 0 Å². The van der Waals surface area contributed by atoms with Crippen LogP contribution in [0.3, 0.4) is 0 Å². The molecule has 0 fully saturated rings. The smallest absolute Gasteiger partial charge is 0.130 e. The monoisotopic (exact) mass is 255 g/mol. The minimum atomic E-state index is 0.652. The van der Waals surface area contributed by atoms with Gasteiger partial charge in [-0.3, -0.25) is 0 Å². The van der Waals surface area contributed by atoms with E-state index in [1.165, 1.54) is 6.21 Å². The Morgan fingerprint density at radius 2 is 2.16 bits per heavy atom. The van der Waals surface area contributed by atoms with Crippen LogP contribution >= 0.6 is 0 Å². The maximum atomic E-state index is 7.15. The second-order valence-electron chi connectivity index (χ2n) is 4.37. The molecule has 0 bridgehead atoms. The van der Waals surface area contributed by atoms with Gasteiger partial charge in [0.15, 0.2) is 0 Å². The van der Waals surface area contributed by atoms with Gasteiger partial charge < -0.3 is 10.7 Å². The van der Waals surface area contributed by atoms with Gasteiger partial charge in [-0.05, 0) is 50.8 Å². The molecular weight excluding hydrogens is 234 g/mol. The predicted octanol–water partition coefficient (Wildman–Crippen LogP) is 4.19. The molecule has 3 nitrogen and oxygen atoms in total. The van der Waals surface area contributed by atoms with Gasteiger partial charge in [0.05, 0.1) is 0 Å². The van der Waals surface area contributed by atoms with E-state index in [1.54, 1.807) is 0 Å². The van der Waals surface area contributed by atoms with Gasteiger partial charge in [0.2, 0.25) is 0 Å². The van der Waals surface area contributed by atoms with E-state index < -0.39 is 0 Å². The van der Waals surface area contributed by atoms with Gasteiger partial charge in [0, 0.05) is 17.8 Å². The minimum Gasteiger partial charge on any atom is -0.340 e. The summed E-state index contributed by atoms with van der Waals surface area (Å²) in [6, 6.07) is 8.03. The number of anilines is 1. The summed E-state index contributed by atoms with van der Waals surface area (Å²) in [5.41, 5.74) is 3.10. The second-order valence-corrected chi connectivity index (χ2v) is 4.37. The molecular formula is C16H21N3. The number of allylic oxidation sites excluding steroid dienone is 3. The van der Waals surface area contributed by atoms with Crippen LogP contribution in [-0.2, 0) is 6.42 Å². The first-order valence-electron chi connectivity index (χ1n) is 6.35. The molecule has 100 valence electrons. The summed E-state index contributed by atoms with van der Waals surface area (Å²) in [4.78, 5) is 4.46. The Morgan fingerprint density at radius 3 is 2.79 bits per heavy atom. The molecule has 1 rings (SSSR count). The number of nitrogens with zero attached hydrogens (tertiary/aromatic N) is 1. The fraction of sp³-hybridized carbons (Fsp3) is 0.250. The SMILES string of the molecule is C/C=C\C=C(/N=C(C)C)Nc1cccc(CC=N)c1. The Morgan fingerprint density at radius 1 is 1.37 bits per heavy atom. The van der Waals surface area contributed by atoms with Crippen molar-refractivity contribution in [1.82, 2.24) is 0 Å². The Labute approximate surface area is 115 Å². The van der Waals surface area contributed by atoms with Crippen LogP contribution < -0.4 is 5.32 Å². The molecule has 0 aromatic heterocycles. The molecule has 0 amide bonds. The standard InChI is InChI=1S/C16H21N3/c1-4-5-9-16(18-13(2)3)19-15-8-6-7-14(12-15)10-11-17/h4-9,11-12,17,19H,10H2,1-3H3/b5-4-,16-9+,17-11?. The number of hydrogen-bond acceptors (Lipinski definition) is 3. The lowest BCUT2D eigenvalue weighted by Crippen LogP contribution is -1.99. The van der Waals surface area contributed by atoms with Crippen LogP contribution in [-0.4, -0.2) is 11.9 Å². The van der Waals surface area contributed by atoms with Gasteiger partial charge in [0.25, 0.3) is 0 Å². The zero-order valence-electron chi connectivity index (χ0n) is 11.8. The summed E-state index contributed by atoms with van der Waals surface area (Å²) in [5.74, 6) is 0.810.